The van der Waals surface area contributed by atoms with Crippen LogP contribution in [-0.4, -0.2) is 17.1 Å². The molecule has 2 aromatic heterocycles. The van der Waals surface area contributed by atoms with Crippen LogP contribution in [0, 0.1) is 5.82 Å². The number of hydrogen-bond donors (Lipinski definition) is 1. The summed E-state index contributed by atoms with van der Waals surface area (Å²) in [5.74, 6) is 0.499. The van der Waals surface area contributed by atoms with Gasteiger partial charge in [-0.05, 0) is 35.0 Å². The number of nitrogens with zero attached hydrogens (tertiary/aromatic N) is 2. The summed E-state index contributed by atoms with van der Waals surface area (Å²) in [4.78, 5) is 7.84. The molecule has 7 heteroatoms. The first-order valence-corrected chi connectivity index (χ1v) is 6.57. The number of ether oxygens (including phenoxy) is 2. The monoisotopic (exact) mass is 341 g/mol. The van der Waals surface area contributed by atoms with E-state index in [4.69, 9.17) is 15.2 Å². The molecule has 0 bridgehead atoms. The predicted octanol–water partition coefficient (Wildman–Crippen LogP) is 3.11. The molecular weight excluding hydrogens is 329 g/mol. The first kappa shape index (κ1) is 14.5. The summed E-state index contributed by atoms with van der Waals surface area (Å²) in [6, 6.07) is 3.01. The Hall–Kier alpha value is -1.89. The van der Waals surface area contributed by atoms with Gasteiger partial charge in [0.05, 0.1) is 18.9 Å². The Bertz CT molecular complexity index is 625. The zero-order valence-electron chi connectivity index (χ0n) is 10.9. The van der Waals surface area contributed by atoms with Gasteiger partial charge in [-0.2, -0.15) is 0 Å². The van der Waals surface area contributed by atoms with Gasteiger partial charge in [0.15, 0.2) is 11.6 Å². The van der Waals surface area contributed by atoms with Crippen LogP contribution < -0.4 is 15.2 Å². The lowest BCUT2D eigenvalue weighted by atomic mass is 10.1. The van der Waals surface area contributed by atoms with Crippen molar-refractivity contribution in [3.8, 4) is 11.6 Å². The minimum atomic E-state index is -0.494. The van der Waals surface area contributed by atoms with E-state index in [1.807, 2.05) is 0 Å². The number of nitrogens with two attached hydrogens (primary N) is 1. The minimum absolute atomic E-state index is 0.253. The fourth-order valence-electron chi connectivity index (χ4n) is 1.68. The van der Waals surface area contributed by atoms with Crippen LogP contribution in [-0.2, 0) is 0 Å². The number of nitrogen functional groups attached to an aromatic ring is 1. The van der Waals surface area contributed by atoms with Crippen LogP contribution in [0.3, 0.4) is 0 Å². The third-order valence-electron chi connectivity index (χ3n) is 2.63. The molecule has 2 aromatic rings. The molecule has 0 fully saturated rings. The van der Waals surface area contributed by atoms with Gasteiger partial charge in [0, 0.05) is 10.7 Å². The van der Waals surface area contributed by atoms with Crippen LogP contribution in [0.25, 0.3) is 0 Å². The zero-order valence-corrected chi connectivity index (χ0v) is 12.5. The topological polar surface area (TPSA) is 70.3 Å². The summed E-state index contributed by atoms with van der Waals surface area (Å²) < 4.78 is 24.8. The molecule has 2 heterocycles. The predicted molar refractivity (Wildman–Crippen MR) is 76.1 cm³/mol. The lowest BCUT2D eigenvalue weighted by molar-refractivity contribution is 0.219. The summed E-state index contributed by atoms with van der Waals surface area (Å²) in [5.41, 5.74) is 6.23. The van der Waals surface area contributed by atoms with E-state index < -0.39 is 11.9 Å². The molecule has 0 aliphatic heterocycles. The molecule has 5 nitrogen and oxygen atoms in total. The van der Waals surface area contributed by atoms with E-state index in [0.717, 1.165) is 10.7 Å². The third kappa shape index (κ3) is 3.16. The summed E-state index contributed by atoms with van der Waals surface area (Å²) in [5, 5.41) is 0. The largest absolute Gasteiger partial charge is 0.482 e. The third-order valence-corrected chi connectivity index (χ3v) is 3.06. The molecule has 0 amide bonds. The Kier molecular flexibility index (Phi) is 4.39. The van der Waals surface area contributed by atoms with Crippen molar-refractivity contribution in [2.45, 2.75) is 13.0 Å². The minimum Gasteiger partial charge on any atom is -0.482 e. The molecule has 2 N–H and O–H groups in total. The lowest BCUT2D eigenvalue weighted by Gasteiger charge is -2.17. The maximum absolute atomic E-state index is 13.3. The van der Waals surface area contributed by atoms with Gasteiger partial charge < -0.3 is 15.2 Å². The molecule has 20 heavy (non-hydrogen) atoms. The molecule has 0 saturated carbocycles. The number of methoxy groups -OCH3 is 1. The Balaban J connectivity index is 2.30. The maximum atomic E-state index is 13.3. The Morgan fingerprint density at radius 3 is 2.75 bits per heavy atom. The van der Waals surface area contributed by atoms with Gasteiger partial charge in [0.2, 0.25) is 5.88 Å². The Labute approximate surface area is 124 Å². The van der Waals surface area contributed by atoms with Crippen LogP contribution in [0.5, 0.6) is 11.6 Å². The summed E-state index contributed by atoms with van der Waals surface area (Å²) in [6.07, 6.45) is 2.16. The standard InChI is InChI=1S/C13H13BrFN3O2/c1-7(10-4-9(15)6-18-13(10)19-2)20-11-3-8(14)5-17-12(11)16/h3-7H,1-2H3,(H2,16,17)/t7-/m0/s1. The van der Waals surface area contributed by atoms with Crippen molar-refractivity contribution in [3.63, 3.8) is 0 Å². The van der Waals surface area contributed by atoms with E-state index >= 15 is 0 Å². The van der Waals surface area contributed by atoms with Gasteiger partial charge in [-0.25, -0.2) is 14.4 Å². The van der Waals surface area contributed by atoms with Crippen molar-refractivity contribution in [2.75, 3.05) is 12.8 Å². The van der Waals surface area contributed by atoms with E-state index in [2.05, 4.69) is 25.9 Å². The van der Waals surface area contributed by atoms with Crippen LogP contribution in [0.15, 0.2) is 29.0 Å². The molecule has 0 saturated heterocycles. The first-order valence-electron chi connectivity index (χ1n) is 5.78. The van der Waals surface area contributed by atoms with Crippen molar-refractivity contribution in [1.82, 2.24) is 9.97 Å². The molecule has 2 rings (SSSR count). The van der Waals surface area contributed by atoms with Crippen molar-refractivity contribution >= 4 is 21.7 Å². The molecule has 0 radical (unpaired) electrons. The number of anilines is 1. The summed E-state index contributed by atoms with van der Waals surface area (Å²) >= 11 is 3.29. The Morgan fingerprint density at radius 2 is 2.05 bits per heavy atom. The number of rotatable bonds is 4. The van der Waals surface area contributed by atoms with E-state index in [-0.39, 0.29) is 5.82 Å². The van der Waals surface area contributed by atoms with Gasteiger partial charge in [0.25, 0.3) is 0 Å². The molecular formula is C13H13BrFN3O2. The van der Waals surface area contributed by atoms with Crippen molar-refractivity contribution in [2.24, 2.45) is 0 Å². The molecule has 0 aliphatic carbocycles. The fraction of sp³-hybridized carbons (Fsp3) is 0.231. The van der Waals surface area contributed by atoms with Gasteiger partial charge in [-0.15, -0.1) is 0 Å². The van der Waals surface area contributed by atoms with Crippen LogP contribution in [0.4, 0.5) is 10.2 Å². The highest BCUT2D eigenvalue weighted by molar-refractivity contribution is 9.10. The van der Waals surface area contributed by atoms with E-state index in [9.17, 15) is 4.39 Å². The molecule has 106 valence electrons. The first-order chi connectivity index (χ1) is 9.51. The second kappa shape index (κ2) is 6.04. The summed E-state index contributed by atoms with van der Waals surface area (Å²) in [7, 11) is 1.46. The van der Waals surface area contributed by atoms with Crippen LogP contribution in [0.2, 0.25) is 0 Å². The highest BCUT2D eigenvalue weighted by Gasteiger charge is 2.17. The quantitative estimate of drug-likeness (QED) is 0.925. The normalized spacial score (nSPS) is 12.0. The zero-order chi connectivity index (χ0) is 14.7. The van der Waals surface area contributed by atoms with Gasteiger partial charge in [-0.3, -0.25) is 0 Å². The van der Waals surface area contributed by atoms with Crippen molar-refractivity contribution < 1.29 is 13.9 Å². The number of halogens is 2. The second-order valence-electron chi connectivity index (χ2n) is 4.05. The summed E-state index contributed by atoms with van der Waals surface area (Å²) in [6.45, 7) is 1.75. The molecule has 0 spiro atoms. The van der Waals surface area contributed by atoms with Crippen LogP contribution in [0.1, 0.15) is 18.6 Å². The number of aromatic nitrogens is 2. The smallest absolute Gasteiger partial charge is 0.220 e. The number of pyridine rings is 2. The highest BCUT2D eigenvalue weighted by Crippen LogP contribution is 2.31. The van der Waals surface area contributed by atoms with E-state index in [1.165, 1.54) is 13.2 Å². The van der Waals surface area contributed by atoms with E-state index in [1.54, 1.807) is 19.2 Å². The molecule has 0 unspecified atom stereocenters. The van der Waals surface area contributed by atoms with Crippen molar-refractivity contribution in [3.05, 3.63) is 40.4 Å². The fourth-order valence-corrected chi connectivity index (χ4v) is 1.99. The van der Waals surface area contributed by atoms with Crippen LogP contribution >= 0.6 is 15.9 Å². The van der Waals surface area contributed by atoms with Gasteiger partial charge >= 0.3 is 0 Å². The molecule has 0 aliphatic rings. The van der Waals surface area contributed by atoms with E-state index in [0.29, 0.717) is 17.2 Å². The molecule has 0 aromatic carbocycles. The number of hydrogen-bond acceptors (Lipinski definition) is 5. The van der Waals surface area contributed by atoms with Crippen molar-refractivity contribution in [1.29, 1.82) is 0 Å². The average molecular weight is 342 g/mol. The SMILES string of the molecule is COc1ncc(F)cc1[C@H](C)Oc1cc(Br)cnc1N. The second-order valence-corrected chi connectivity index (χ2v) is 4.96. The lowest BCUT2D eigenvalue weighted by Crippen LogP contribution is -2.08. The average Bonchev–Trinajstić information content (AvgIpc) is 2.42. The molecule has 1 atom stereocenters. The Morgan fingerprint density at radius 1 is 1.30 bits per heavy atom. The van der Waals surface area contributed by atoms with Gasteiger partial charge in [0.1, 0.15) is 11.9 Å². The maximum Gasteiger partial charge on any atom is 0.220 e. The van der Waals surface area contributed by atoms with Gasteiger partial charge in [-0.1, -0.05) is 0 Å². The highest BCUT2D eigenvalue weighted by atomic mass is 79.9.